The Morgan fingerprint density at radius 1 is 0.441 bits per heavy atom. The van der Waals surface area contributed by atoms with Crippen LogP contribution in [-0.2, 0) is 99.1 Å². The summed E-state index contributed by atoms with van der Waals surface area (Å²) in [5.41, 5.74) is 24.0. The highest BCUT2D eigenvalue weighted by molar-refractivity contribution is 5.99. The maximum absolute atomic E-state index is 14.3. The first-order valence-electron chi connectivity index (χ1n) is 32.6. The van der Waals surface area contributed by atoms with Gasteiger partial charge in [0.15, 0.2) is 6.04 Å². The number of carbonyl (C=O) groups excluding carboxylic acids is 16. The molecule has 0 aromatic carbocycles. The maximum Gasteiger partial charge on any atom is 0.326 e. The Kier molecular flexibility index (Phi) is 38.1. The minimum Gasteiger partial charge on any atom is -0.481 e. The number of primary amides is 3. The third-order valence-corrected chi connectivity index (χ3v) is 15.0. The maximum atomic E-state index is 14.3. The van der Waals surface area contributed by atoms with Crippen LogP contribution in [0.3, 0.4) is 0 Å². The zero-order valence-electron chi connectivity index (χ0n) is 57.6. The van der Waals surface area contributed by atoms with Gasteiger partial charge in [0.2, 0.25) is 88.6 Å². The van der Waals surface area contributed by atoms with Crippen molar-refractivity contribution in [1.82, 2.24) is 89.1 Å². The molecule has 566 valence electrons. The van der Waals surface area contributed by atoms with E-state index in [-0.39, 0.29) is 57.3 Å². The van der Waals surface area contributed by atoms with E-state index in [9.17, 15) is 96.5 Å². The highest BCUT2D eigenvalue weighted by atomic mass is 16.4. The quantitative estimate of drug-likeness (QED) is 0.0274. The minimum atomic E-state index is -1.76. The summed E-state index contributed by atoms with van der Waals surface area (Å²) in [5.74, 6) is -18.6. The lowest BCUT2D eigenvalue weighted by molar-refractivity contribution is -0.405. The number of carbonyl (C=O) groups is 18. The van der Waals surface area contributed by atoms with Gasteiger partial charge in [-0.3, -0.25) is 81.5 Å². The van der Waals surface area contributed by atoms with Crippen molar-refractivity contribution in [3.63, 3.8) is 0 Å². The molecule has 42 heteroatoms. The van der Waals surface area contributed by atoms with Crippen LogP contribution < -0.4 is 97.8 Å². The molecule has 11 atom stereocenters. The van der Waals surface area contributed by atoms with Crippen molar-refractivity contribution in [3.8, 4) is 0 Å². The predicted octanol–water partition coefficient (Wildman–Crippen LogP) is -10.8. The van der Waals surface area contributed by atoms with Crippen molar-refractivity contribution in [2.75, 3.05) is 26.2 Å². The van der Waals surface area contributed by atoms with E-state index in [1.807, 2.05) is 0 Å². The van der Waals surface area contributed by atoms with Crippen LogP contribution >= 0.6 is 0 Å². The number of aromatic amines is 2. The summed E-state index contributed by atoms with van der Waals surface area (Å²) in [7, 11) is 0. The minimum absolute atomic E-state index is 0.0118. The molecule has 29 N–H and O–H groups in total. The monoisotopic (exact) mass is 1450 g/mol. The van der Waals surface area contributed by atoms with E-state index in [0.29, 0.717) is 30.8 Å². The van der Waals surface area contributed by atoms with Crippen LogP contribution in [0, 0.1) is 11.8 Å². The Hall–Kier alpha value is -11.2. The van der Waals surface area contributed by atoms with Gasteiger partial charge in [-0.1, -0.05) is 27.7 Å². The van der Waals surface area contributed by atoms with Crippen LogP contribution in [0.5, 0.6) is 0 Å². The summed E-state index contributed by atoms with van der Waals surface area (Å²) >= 11 is 0. The molecule has 42 nitrogen and oxygen atoms in total. The van der Waals surface area contributed by atoms with Crippen LogP contribution in [0.2, 0.25) is 0 Å². The van der Waals surface area contributed by atoms with E-state index in [1.165, 1.54) is 52.7 Å². The number of unbranched alkanes of at least 4 members (excludes halogenated alkanes) is 1. The molecule has 0 aliphatic carbocycles. The lowest BCUT2D eigenvalue weighted by Crippen LogP contribution is -2.69. The van der Waals surface area contributed by atoms with E-state index in [0.717, 1.165) is 0 Å². The van der Waals surface area contributed by atoms with E-state index in [1.54, 1.807) is 13.8 Å². The van der Waals surface area contributed by atoms with Gasteiger partial charge in [-0.25, -0.2) is 14.8 Å². The molecule has 2 aromatic heterocycles. The second kappa shape index (κ2) is 44.7. The number of carboxylic acid groups (broad SMARTS) is 2. The van der Waals surface area contributed by atoms with Crippen LogP contribution in [0.25, 0.3) is 0 Å². The molecule has 0 bridgehead atoms. The van der Waals surface area contributed by atoms with Crippen molar-refractivity contribution in [2.45, 2.75) is 191 Å². The van der Waals surface area contributed by atoms with E-state index in [4.69, 9.17) is 17.2 Å². The third-order valence-electron chi connectivity index (χ3n) is 15.0. The molecule has 102 heavy (non-hydrogen) atoms. The van der Waals surface area contributed by atoms with Gasteiger partial charge in [0.05, 0.1) is 45.3 Å². The predicted molar refractivity (Wildman–Crippen MR) is 352 cm³/mol. The molecular formula is C60H98N22O20+2. The van der Waals surface area contributed by atoms with Crippen molar-refractivity contribution < 1.29 is 108 Å². The molecule has 0 saturated heterocycles. The molecule has 0 fully saturated rings. The number of nitrogens with one attached hydrogen (secondary N) is 15. The summed E-state index contributed by atoms with van der Waals surface area (Å²) in [4.78, 5) is 247. The third kappa shape index (κ3) is 34.0. The van der Waals surface area contributed by atoms with E-state index >= 15 is 0 Å². The number of aliphatic carboxylic acids is 2. The summed E-state index contributed by atoms with van der Waals surface area (Å²) in [6.07, 6.45) is 2.75. The normalized spacial score (nSPS) is 14.2. The van der Waals surface area contributed by atoms with Crippen LogP contribution in [-0.4, -0.2) is 229 Å². The largest absolute Gasteiger partial charge is 0.481 e. The molecule has 2 rings (SSSR count). The Morgan fingerprint density at radius 2 is 0.853 bits per heavy atom. The van der Waals surface area contributed by atoms with Crippen molar-refractivity contribution in [3.05, 3.63) is 36.4 Å². The van der Waals surface area contributed by atoms with Crippen LogP contribution in [0.1, 0.15) is 124 Å². The Bertz CT molecular complexity index is 3240. The molecule has 0 spiro atoms. The number of hydrogen-bond acceptors (Lipinski definition) is 20. The lowest BCUT2D eigenvalue weighted by atomic mass is 10.0. The Labute approximate surface area is 584 Å². The first-order chi connectivity index (χ1) is 47.9. The van der Waals surface area contributed by atoms with Crippen molar-refractivity contribution in [2.24, 2.45) is 29.0 Å². The number of H-pyrrole nitrogens is 2. The Morgan fingerprint density at radius 3 is 1.32 bits per heavy atom. The van der Waals surface area contributed by atoms with Gasteiger partial charge in [0.25, 0.3) is 5.91 Å². The SMILES string of the molecule is CC(C)C[C@H](NC(=O)[C@H](Cc1cnc[nH]1)NC(=O)[C@H](Cc1cnc[nH]1)NC(=O)[C@H](CCC(N)=O)NC(=O)[C@@H]([NH3+])CCC(N)=O)C(=O)NCC(=O)NCC(=O)N[C@@H](C)C(=O)N[C@@H](CCCC[NH3+])C(=O)N[C@@H](CCC(N)=O)C(=O)N[C@@H](C)C(=O)NCC(=O)N[C@@H](CC(=O)O)C(=O)N[C@H](C(=O)O)C(C)C. The topological polar surface area (TPSA) is 695 Å². The van der Waals surface area contributed by atoms with E-state index < -0.39 is 218 Å². The number of aromatic nitrogens is 4. The van der Waals surface area contributed by atoms with Crippen LogP contribution in [0.4, 0.5) is 0 Å². The fourth-order valence-corrected chi connectivity index (χ4v) is 9.37. The average Bonchev–Trinajstić information content (AvgIpc) is 1.22. The van der Waals surface area contributed by atoms with Gasteiger partial charge in [-0.05, 0) is 64.2 Å². The van der Waals surface area contributed by atoms with Crippen molar-refractivity contribution in [1.29, 1.82) is 0 Å². The molecule has 2 aromatic rings. The molecule has 16 amide bonds. The number of imidazole rings is 2. The van der Waals surface area contributed by atoms with Crippen molar-refractivity contribution >= 4 is 106 Å². The zero-order valence-corrected chi connectivity index (χ0v) is 57.6. The summed E-state index contributed by atoms with van der Waals surface area (Å²) in [5, 5.41) is 49.7. The molecule has 0 saturated carbocycles. The fourth-order valence-electron chi connectivity index (χ4n) is 9.37. The summed E-state index contributed by atoms with van der Waals surface area (Å²) in [6.45, 7) is 6.91. The van der Waals surface area contributed by atoms with Gasteiger partial charge in [-0.2, -0.15) is 0 Å². The highest BCUT2D eigenvalue weighted by Gasteiger charge is 2.36. The lowest BCUT2D eigenvalue weighted by Gasteiger charge is -2.27. The van der Waals surface area contributed by atoms with Gasteiger partial charge >= 0.3 is 11.9 Å². The molecule has 0 aliphatic heterocycles. The molecule has 0 radical (unpaired) electrons. The van der Waals surface area contributed by atoms with E-state index in [2.05, 4.69) is 101 Å². The average molecular weight is 1450 g/mol. The van der Waals surface area contributed by atoms with Gasteiger partial charge < -0.3 is 118 Å². The summed E-state index contributed by atoms with van der Waals surface area (Å²) in [6, 6.07) is -15.8. The second-order valence-electron chi connectivity index (χ2n) is 24.6. The summed E-state index contributed by atoms with van der Waals surface area (Å²) < 4.78 is 0. The van der Waals surface area contributed by atoms with Gasteiger partial charge in [-0.15, -0.1) is 0 Å². The second-order valence-corrected chi connectivity index (χ2v) is 24.6. The first-order valence-corrected chi connectivity index (χ1v) is 32.6. The smallest absolute Gasteiger partial charge is 0.326 e. The fraction of sp³-hybridized carbons (Fsp3) is 0.600. The highest BCUT2D eigenvalue weighted by Crippen LogP contribution is 2.11. The number of hydrogen-bond donors (Lipinski definition) is 22. The number of carboxylic acids is 2. The zero-order chi connectivity index (χ0) is 76.9. The number of nitrogens with zero attached hydrogens (tertiary/aromatic N) is 2. The molecule has 0 unspecified atom stereocenters. The number of nitrogens with two attached hydrogens (primary N) is 3. The molecule has 0 aliphatic rings. The van der Waals surface area contributed by atoms with Crippen LogP contribution in [0.15, 0.2) is 25.0 Å². The number of amides is 16. The first kappa shape index (κ1) is 86.9. The van der Waals surface area contributed by atoms with Gasteiger partial charge in [0, 0.05) is 62.3 Å². The molecular weight excluding hydrogens is 1350 g/mol. The number of rotatable bonds is 49. The standard InChI is InChI=1S/C60H96N22O20/c1-28(2)17-38(79-57(98)40(19-33-22-67-27-72-33)81-58(99)39(18-32-21-66-26-71-32)80-56(97)37(12-15-44(65)85)77-52(93)34(62)10-13-42(63)83)53(94)70-23-45(86)68-24-46(87)73-31(6)51(92)76-35(9-7-8-16-61)55(96)78-36(11-14-43(64)84)54(95)74-30(5)50(91)69-25-47(88)75-41(20-48(89)90)59(100)82-49(29(3)4)60(101)102/h21-22,26-31,34-41,49H,7-20,23-25,61-62H2,1-6H3,(H2,63,83)(H2,64,84)(H2,65,85)(H,66,71)(H,67,72)(H,68,86)(H,69,91)(H,70,94)(H,73,87)(H,74,95)(H,75,88)(H,76,92)(H,77,93)(H,78,96)(H,79,98)(H,80,97)(H,81,99)(H,82,100)(H,89,90)(H,101,102)/p+2/t30-,31-,34-,35-,36-,37-,38-,39-,40-,41-,49-/m0/s1. The number of quaternary nitrogens is 2. The van der Waals surface area contributed by atoms with Gasteiger partial charge in [0.1, 0.15) is 60.4 Å². The molecule has 2 heterocycles. The Balaban J connectivity index is 2.17.